The molecule has 244 valence electrons. The van der Waals surface area contributed by atoms with Crippen molar-refractivity contribution in [2.75, 3.05) is 26.9 Å². The zero-order valence-corrected chi connectivity index (χ0v) is 27.6. The maximum absolute atomic E-state index is 13.1. The van der Waals surface area contributed by atoms with Crippen molar-refractivity contribution in [3.63, 3.8) is 0 Å². The molecule has 0 saturated carbocycles. The van der Waals surface area contributed by atoms with Crippen molar-refractivity contribution in [2.45, 2.75) is 78.0 Å². The van der Waals surface area contributed by atoms with E-state index in [1.165, 1.54) is 10.8 Å². The molecule has 0 aliphatic rings. The molecule has 1 heterocycles. The number of hydrogen-bond acceptors (Lipinski definition) is 6. The average Bonchev–Trinajstić information content (AvgIpc) is 3.37. The Balaban J connectivity index is 1.61. The summed E-state index contributed by atoms with van der Waals surface area (Å²) in [6, 6.07) is 27.1. The van der Waals surface area contributed by atoms with Crippen LogP contribution in [0.15, 0.2) is 78.9 Å². The first-order valence-corrected chi connectivity index (χ1v) is 16.3. The number of ether oxygens (including phenoxy) is 2. The van der Waals surface area contributed by atoms with Crippen LogP contribution >= 0.6 is 0 Å². The minimum atomic E-state index is -1.52. The number of hydrogen-bond donors (Lipinski definition) is 3. The monoisotopic (exact) mass is 616 g/mol. The van der Waals surface area contributed by atoms with Crippen LogP contribution in [0.2, 0.25) is 0 Å². The van der Waals surface area contributed by atoms with Gasteiger partial charge in [0.25, 0.3) is 0 Å². The van der Waals surface area contributed by atoms with Crippen LogP contribution in [-0.2, 0) is 14.3 Å². The van der Waals surface area contributed by atoms with Crippen LogP contribution in [0.5, 0.6) is 0 Å². The fourth-order valence-corrected chi connectivity index (χ4v) is 7.10. The number of carbonyl (C=O) groups excluding carboxylic acids is 1. The molecule has 0 radical (unpaired) electrons. The third-order valence-electron chi connectivity index (χ3n) is 9.59. The van der Waals surface area contributed by atoms with Gasteiger partial charge in [-0.2, -0.15) is 0 Å². The number of aliphatic hydroxyl groups excluding tert-OH is 1. The predicted molar refractivity (Wildman–Crippen MR) is 182 cm³/mol. The second-order valence-electron chi connectivity index (χ2n) is 13.6. The average molecular weight is 617 g/mol. The number of nitrogens with zero attached hydrogens (tertiary/aromatic N) is 1. The van der Waals surface area contributed by atoms with Crippen LogP contribution in [0.1, 0.15) is 77.3 Å². The van der Waals surface area contributed by atoms with Gasteiger partial charge in [-0.05, 0) is 82.0 Å². The van der Waals surface area contributed by atoms with Gasteiger partial charge in [0.05, 0.1) is 12.0 Å². The van der Waals surface area contributed by atoms with Crippen LogP contribution in [0.25, 0.3) is 21.8 Å². The van der Waals surface area contributed by atoms with Crippen molar-refractivity contribution in [2.24, 2.45) is 22.5 Å². The second-order valence-corrected chi connectivity index (χ2v) is 13.6. The lowest BCUT2D eigenvalue weighted by molar-refractivity contribution is -0.156. The quantitative estimate of drug-likeness (QED) is 0.0658. The first kappa shape index (κ1) is 34.6. The predicted octanol–water partition coefficient (Wildman–Crippen LogP) is 7.20. The van der Waals surface area contributed by atoms with Gasteiger partial charge in [-0.15, -0.1) is 0 Å². The molecule has 4 atom stereocenters. The highest BCUT2D eigenvalue weighted by atomic mass is 16.6. The molecule has 0 fully saturated rings. The largest absolute Gasteiger partial charge is 0.463 e. The lowest BCUT2D eigenvalue weighted by Gasteiger charge is -2.39. The van der Waals surface area contributed by atoms with Gasteiger partial charge in [0.2, 0.25) is 0 Å². The normalized spacial score (nSPS) is 15.7. The summed E-state index contributed by atoms with van der Waals surface area (Å²) in [7, 11) is 1.58. The number of aliphatic hydroxyl groups is 2. The Morgan fingerprint density at radius 2 is 1.42 bits per heavy atom. The molecule has 4 N–H and O–H groups in total. The number of esters is 1. The van der Waals surface area contributed by atoms with E-state index < -0.39 is 17.1 Å². The molecule has 0 saturated heterocycles. The Labute approximate surface area is 268 Å². The van der Waals surface area contributed by atoms with Gasteiger partial charge in [0.1, 0.15) is 6.61 Å². The first-order chi connectivity index (χ1) is 21.5. The van der Waals surface area contributed by atoms with Gasteiger partial charge in [-0.1, -0.05) is 80.6 Å². The van der Waals surface area contributed by atoms with Crippen molar-refractivity contribution in [3.8, 4) is 0 Å². The standard InChI is InChI=1S/C38H52N2O5/c1-6-30(40-33-18-12-10-16-31(33)32-17-11-13-19-34(32)40)25-38(4,35(41)42)23-27(26-39)22-29(28-14-8-7-9-15-28)24-37(2,3)36(43)45-21-20-44-5/h7-19,27,29-30,35,41-42H,6,20-26,39H2,1-5H3. The van der Waals surface area contributed by atoms with E-state index in [1.54, 1.807) is 7.11 Å². The van der Waals surface area contributed by atoms with E-state index in [0.29, 0.717) is 38.8 Å². The van der Waals surface area contributed by atoms with Crippen molar-refractivity contribution >= 4 is 27.8 Å². The minimum Gasteiger partial charge on any atom is -0.463 e. The van der Waals surface area contributed by atoms with Gasteiger partial charge in [0.15, 0.2) is 6.29 Å². The zero-order valence-electron chi connectivity index (χ0n) is 27.6. The fourth-order valence-electron chi connectivity index (χ4n) is 7.10. The molecule has 0 bridgehead atoms. The van der Waals surface area contributed by atoms with Crippen molar-refractivity contribution < 1.29 is 24.5 Å². The fraction of sp³-hybridized carbons (Fsp3) is 0.500. The highest BCUT2D eigenvalue weighted by Gasteiger charge is 2.39. The number of methoxy groups -OCH3 is 1. The topological polar surface area (TPSA) is 107 Å². The van der Waals surface area contributed by atoms with Gasteiger partial charge in [-0.3, -0.25) is 4.79 Å². The molecule has 4 rings (SSSR count). The van der Waals surface area contributed by atoms with Crippen molar-refractivity contribution in [1.29, 1.82) is 0 Å². The number of rotatable bonds is 17. The molecular weight excluding hydrogens is 564 g/mol. The number of para-hydroxylation sites is 2. The highest BCUT2D eigenvalue weighted by molar-refractivity contribution is 6.08. The Hall–Kier alpha value is -3.23. The summed E-state index contributed by atoms with van der Waals surface area (Å²) in [5.41, 5.74) is 8.35. The molecule has 45 heavy (non-hydrogen) atoms. The number of aromatic nitrogens is 1. The molecule has 1 aromatic heterocycles. The molecule has 0 spiro atoms. The molecule has 3 aromatic carbocycles. The summed E-state index contributed by atoms with van der Waals surface area (Å²) >= 11 is 0. The maximum Gasteiger partial charge on any atom is 0.311 e. The second kappa shape index (κ2) is 15.4. The third kappa shape index (κ3) is 8.14. The lowest BCUT2D eigenvalue weighted by Crippen LogP contribution is -2.38. The van der Waals surface area contributed by atoms with E-state index in [9.17, 15) is 15.0 Å². The molecule has 0 aliphatic heterocycles. The van der Waals surface area contributed by atoms with Crippen molar-refractivity contribution in [1.82, 2.24) is 4.57 Å². The number of nitrogens with two attached hydrogens (primary N) is 1. The zero-order chi connectivity index (χ0) is 32.6. The Bertz CT molecular complexity index is 1460. The molecule has 0 aliphatic carbocycles. The first-order valence-electron chi connectivity index (χ1n) is 16.3. The smallest absolute Gasteiger partial charge is 0.311 e. The van der Waals surface area contributed by atoms with Gasteiger partial charge < -0.3 is 30.0 Å². The van der Waals surface area contributed by atoms with E-state index in [-0.39, 0.29) is 30.5 Å². The van der Waals surface area contributed by atoms with E-state index in [4.69, 9.17) is 15.2 Å². The van der Waals surface area contributed by atoms with E-state index in [2.05, 4.69) is 72.2 Å². The summed E-state index contributed by atoms with van der Waals surface area (Å²) in [6.07, 6.45) is 1.73. The molecule has 0 amide bonds. The van der Waals surface area contributed by atoms with Gasteiger partial charge in [-0.25, -0.2) is 0 Å². The van der Waals surface area contributed by atoms with E-state index in [0.717, 1.165) is 23.0 Å². The SMILES string of the molecule is CCC(CC(C)(CC(CN)CC(CC(C)(C)C(=O)OCCOC)c1ccccc1)C(O)O)n1c2ccccc2c2ccccc21. The highest BCUT2D eigenvalue weighted by Crippen LogP contribution is 2.45. The Morgan fingerprint density at radius 3 is 1.96 bits per heavy atom. The van der Waals surface area contributed by atoms with Crippen LogP contribution in [0.3, 0.4) is 0 Å². The number of benzene rings is 3. The van der Waals surface area contributed by atoms with Gasteiger partial charge in [0, 0.05) is 40.4 Å². The van der Waals surface area contributed by atoms with Gasteiger partial charge >= 0.3 is 5.97 Å². The van der Waals surface area contributed by atoms with E-state index >= 15 is 0 Å². The summed E-state index contributed by atoms with van der Waals surface area (Å²) in [6.45, 7) is 8.97. The van der Waals surface area contributed by atoms with Crippen LogP contribution in [0, 0.1) is 16.7 Å². The van der Waals surface area contributed by atoms with Crippen LogP contribution in [0.4, 0.5) is 0 Å². The lowest BCUT2D eigenvalue weighted by atomic mass is 9.70. The summed E-state index contributed by atoms with van der Waals surface area (Å²) in [5.74, 6) is -0.223. The minimum absolute atomic E-state index is 0.00188. The van der Waals surface area contributed by atoms with Crippen molar-refractivity contribution in [3.05, 3.63) is 84.4 Å². The summed E-state index contributed by atoms with van der Waals surface area (Å²) in [4.78, 5) is 13.1. The summed E-state index contributed by atoms with van der Waals surface area (Å²) < 4.78 is 13.0. The van der Waals surface area contributed by atoms with Crippen LogP contribution < -0.4 is 5.73 Å². The van der Waals surface area contributed by atoms with Crippen LogP contribution in [-0.4, -0.2) is 53.9 Å². The molecule has 7 heteroatoms. The Kier molecular flexibility index (Phi) is 11.8. The third-order valence-corrected chi connectivity index (χ3v) is 9.59. The number of carbonyl (C=O) groups is 1. The molecule has 4 aromatic rings. The molecular formula is C38H52N2O5. The molecule has 7 nitrogen and oxygen atoms in total. The maximum atomic E-state index is 13.1. The summed E-state index contributed by atoms with van der Waals surface area (Å²) in [5, 5.41) is 24.3. The number of fused-ring (bicyclic) bond motifs is 3. The van der Waals surface area contributed by atoms with E-state index in [1.807, 2.05) is 39.0 Å². The molecule has 4 unspecified atom stereocenters. The Morgan fingerprint density at radius 1 is 0.844 bits per heavy atom.